The summed E-state index contributed by atoms with van der Waals surface area (Å²) in [4.78, 5) is 12.2. The first-order valence-electron chi connectivity index (χ1n) is 8.20. The molecule has 2 aromatic carbocycles. The van der Waals surface area contributed by atoms with E-state index in [0.29, 0.717) is 22.3 Å². The number of hydrogen-bond acceptors (Lipinski definition) is 2. The lowest BCUT2D eigenvalue weighted by atomic mass is 10.1. The zero-order chi connectivity index (χ0) is 19.4. The number of halogens is 3. The largest absolute Gasteiger partial charge is 0.331 e. The van der Waals surface area contributed by atoms with E-state index in [1.807, 2.05) is 6.92 Å². The second-order valence-electron chi connectivity index (χ2n) is 6.05. The van der Waals surface area contributed by atoms with Gasteiger partial charge in [-0.3, -0.25) is 4.68 Å². The van der Waals surface area contributed by atoms with E-state index in [2.05, 4.69) is 15.7 Å². The molecule has 2 amide bonds. The highest BCUT2D eigenvalue weighted by Gasteiger charge is 2.12. The molecule has 140 valence electrons. The van der Waals surface area contributed by atoms with Crippen LogP contribution in [0.4, 0.5) is 14.9 Å². The minimum absolute atomic E-state index is 0.256. The summed E-state index contributed by atoms with van der Waals surface area (Å²) in [5.41, 5.74) is 2.30. The third-order valence-corrected chi connectivity index (χ3v) is 4.68. The Kier molecular flexibility index (Phi) is 5.98. The second-order valence-corrected chi connectivity index (χ2v) is 6.86. The van der Waals surface area contributed by atoms with Crippen LogP contribution in [0.3, 0.4) is 0 Å². The van der Waals surface area contributed by atoms with Gasteiger partial charge in [0.25, 0.3) is 0 Å². The number of carbonyl (C=O) groups excluding carboxylic acids is 1. The van der Waals surface area contributed by atoms with Gasteiger partial charge in [-0.2, -0.15) is 5.10 Å². The van der Waals surface area contributed by atoms with Crippen molar-refractivity contribution in [3.8, 4) is 0 Å². The fourth-order valence-corrected chi connectivity index (χ4v) is 2.83. The fraction of sp³-hybridized carbons (Fsp3) is 0.158. The van der Waals surface area contributed by atoms with Gasteiger partial charge in [-0.1, -0.05) is 41.4 Å². The minimum atomic E-state index is -0.366. The first-order chi connectivity index (χ1) is 12.9. The van der Waals surface area contributed by atoms with Crippen molar-refractivity contribution in [1.82, 2.24) is 15.1 Å². The molecule has 0 spiro atoms. The standard InChI is InChI=1S/C19H17Cl2FN4O/c1-12(14-4-7-17(20)18(21)8-14)24-19(27)25-16-9-23-26(11-16)10-13-2-5-15(22)6-3-13/h2-9,11-12H,10H2,1H3,(H2,24,25,27). The first kappa shape index (κ1) is 19.2. The molecule has 0 saturated heterocycles. The average molecular weight is 407 g/mol. The predicted octanol–water partition coefficient (Wildman–Crippen LogP) is 5.26. The molecule has 1 heterocycles. The Bertz CT molecular complexity index is 943. The molecule has 0 aliphatic rings. The van der Waals surface area contributed by atoms with Gasteiger partial charge in [0.2, 0.25) is 0 Å². The van der Waals surface area contributed by atoms with Gasteiger partial charge in [0.1, 0.15) is 5.82 Å². The van der Waals surface area contributed by atoms with Gasteiger partial charge in [-0.05, 0) is 42.3 Å². The molecule has 1 atom stereocenters. The van der Waals surface area contributed by atoms with E-state index in [9.17, 15) is 9.18 Å². The van der Waals surface area contributed by atoms with E-state index in [1.165, 1.54) is 12.1 Å². The molecule has 0 aliphatic carbocycles. The van der Waals surface area contributed by atoms with E-state index < -0.39 is 0 Å². The quantitative estimate of drug-likeness (QED) is 0.606. The van der Waals surface area contributed by atoms with Crippen molar-refractivity contribution >= 4 is 34.9 Å². The smallest absolute Gasteiger partial charge is 0.319 e. The Morgan fingerprint density at radius 3 is 2.63 bits per heavy atom. The molecule has 3 aromatic rings. The van der Waals surface area contributed by atoms with Gasteiger partial charge in [-0.15, -0.1) is 0 Å². The van der Waals surface area contributed by atoms with E-state index in [1.54, 1.807) is 47.4 Å². The number of hydrogen-bond donors (Lipinski definition) is 2. The Hall–Kier alpha value is -2.57. The van der Waals surface area contributed by atoms with E-state index in [-0.39, 0.29) is 17.9 Å². The lowest BCUT2D eigenvalue weighted by Gasteiger charge is -2.15. The summed E-state index contributed by atoms with van der Waals surface area (Å²) >= 11 is 11.9. The summed E-state index contributed by atoms with van der Waals surface area (Å²) in [6.45, 7) is 2.32. The molecule has 1 aromatic heterocycles. The predicted molar refractivity (Wildman–Crippen MR) is 105 cm³/mol. The van der Waals surface area contributed by atoms with Crippen LogP contribution in [0.15, 0.2) is 54.9 Å². The Morgan fingerprint density at radius 1 is 1.19 bits per heavy atom. The molecule has 27 heavy (non-hydrogen) atoms. The van der Waals surface area contributed by atoms with E-state index >= 15 is 0 Å². The van der Waals surface area contributed by atoms with Crippen molar-refractivity contribution in [3.05, 3.63) is 81.8 Å². The van der Waals surface area contributed by atoms with Crippen LogP contribution in [0.2, 0.25) is 10.0 Å². The van der Waals surface area contributed by atoms with Crippen LogP contribution in [0.5, 0.6) is 0 Å². The molecule has 5 nitrogen and oxygen atoms in total. The van der Waals surface area contributed by atoms with Crippen LogP contribution < -0.4 is 10.6 Å². The van der Waals surface area contributed by atoms with Crippen LogP contribution in [-0.4, -0.2) is 15.8 Å². The van der Waals surface area contributed by atoms with Gasteiger partial charge in [-0.25, -0.2) is 9.18 Å². The number of urea groups is 1. The summed E-state index contributed by atoms with van der Waals surface area (Å²) in [7, 11) is 0. The molecular weight excluding hydrogens is 390 g/mol. The zero-order valence-electron chi connectivity index (χ0n) is 14.4. The number of benzene rings is 2. The third kappa shape index (κ3) is 5.21. The van der Waals surface area contributed by atoms with Crippen molar-refractivity contribution in [2.75, 3.05) is 5.32 Å². The normalized spacial score (nSPS) is 11.9. The van der Waals surface area contributed by atoms with Gasteiger partial charge in [0, 0.05) is 6.20 Å². The van der Waals surface area contributed by atoms with E-state index in [4.69, 9.17) is 23.2 Å². The van der Waals surface area contributed by atoms with E-state index in [0.717, 1.165) is 11.1 Å². The van der Waals surface area contributed by atoms with Gasteiger partial charge in [0.05, 0.1) is 34.5 Å². The monoisotopic (exact) mass is 406 g/mol. The minimum Gasteiger partial charge on any atom is -0.331 e. The molecule has 8 heteroatoms. The number of nitrogens with zero attached hydrogens (tertiary/aromatic N) is 2. The SMILES string of the molecule is CC(NC(=O)Nc1cnn(Cc2ccc(F)cc2)c1)c1ccc(Cl)c(Cl)c1. The molecule has 0 fully saturated rings. The molecule has 0 radical (unpaired) electrons. The lowest BCUT2D eigenvalue weighted by Crippen LogP contribution is -2.31. The fourth-order valence-electron chi connectivity index (χ4n) is 2.52. The van der Waals surface area contributed by atoms with Crippen LogP contribution >= 0.6 is 23.2 Å². The molecule has 3 rings (SSSR count). The van der Waals surface area contributed by atoms with Crippen molar-refractivity contribution in [1.29, 1.82) is 0 Å². The average Bonchev–Trinajstić information content (AvgIpc) is 3.06. The van der Waals surface area contributed by atoms with Gasteiger partial charge >= 0.3 is 6.03 Å². The van der Waals surface area contributed by atoms with Crippen molar-refractivity contribution in [2.24, 2.45) is 0 Å². The number of aromatic nitrogens is 2. The Balaban J connectivity index is 1.57. The van der Waals surface area contributed by atoms with Crippen LogP contribution in [0.25, 0.3) is 0 Å². The maximum Gasteiger partial charge on any atom is 0.319 e. The Morgan fingerprint density at radius 2 is 1.93 bits per heavy atom. The summed E-state index contributed by atoms with van der Waals surface area (Å²) in [6, 6.07) is 10.8. The summed E-state index contributed by atoms with van der Waals surface area (Å²) in [5, 5.41) is 10.7. The highest BCUT2D eigenvalue weighted by Crippen LogP contribution is 2.25. The Labute approximate surface area is 166 Å². The first-order valence-corrected chi connectivity index (χ1v) is 8.95. The van der Waals surface area contributed by atoms with Crippen molar-refractivity contribution < 1.29 is 9.18 Å². The molecule has 0 bridgehead atoms. The third-order valence-electron chi connectivity index (χ3n) is 3.94. The van der Waals surface area contributed by atoms with Gasteiger partial charge < -0.3 is 10.6 Å². The number of anilines is 1. The highest BCUT2D eigenvalue weighted by molar-refractivity contribution is 6.42. The van der Waals surface area contributed by atoms with Crippen molar-refractivity contribution in [3.63, 3.8) is 0 Å². The molecule has 2 N–H and O–H groups in total. The summed E-state index contributed by atoms with van der Waals surface area (Å²) in [6.07, 6.45) is 3.25. The number of rotatable bonds is 5. The number of nitrogens with one attached hydrogen (secondary N) is 2. The number of amides is 2. The molecule has 0 saturated carbocycles. The highest BCUT2D eigenvalue weighted by atomic mass is 35.5. The zero-order valence-corrected chi connectivity index (χ0v) is 15.9. The van der Waals surface area contributed by atoms with Crippen LogP contribution in [-0.2, 0) is 6.54 Å². The summed E-state index contributed by atoms with van der Waals surface area (Å²) in [5.74, 6) is -0.283. The maximum absolute atomic E-state index is 13.0. The molecule has 1 unspecified atom stereocenters. The number of carbonyl (C=O) groups is 1. The van der Waals surface area contributed by atoms with Crippen LogP contribution in [0.1, 0.15) is 24.1 Å². The molecular formula is C19H17Cl2FN4O. The maximum atomic E-state index is 13.0. The topological polar surface area (TPSA) is 59.0 Å². The second kappa shape index (κ2) is 8.41. The van der Waals surface area contributed by atoms with Crippen molar-refractivity contribution in [2.45, 2.75) is 19.5 Å². The molecule has 0 aliphatic heterocycles. The van der Waals surface area contributed by atoms with Gasteiger partial charge in [0.15, 0.2) is 0 Å². The lowest BCUT2D eigenvalue weighted by molar-refractivity contribution is 0.249. The van der Waals surface area contributed by atoms with Crippen LogP contribution in [0, 0.1) is 5.82 Å². The summed E-state index contributed by atoms with van der Waals surface area (Å²) < 4.78 is 14.6.